The molecule has 0 saturated carbocycles. The lowest BCUT2D eigenvalue weighted by Crippen LogP contribution is -2.28. The van der Waals surface area contributed by atoms with Crippen LogP contribution in [0.2, 0.25) is 0 Å². The highest BCUT2D eigenvalue weighted by Gasteiger charge is 2.21. The Morgan fingerprint density at radius 1 is 1.47 bits per heavy atom. The molecule has 0 unspecified atom stereocenters. The van der Waals surface area contributed by atoms with Crippen LogP contribution in [0.4, 0.5) is 5.69 Å². The SMILES string of the molecule is CCNCC(=O)Nc1cccc2c1CNC2=O. The Bertz CT molecular complexity index is 457. The number of hydrogen-bond acceptors (Lipinski definition) is 3. The van der Waals surface area contributed by atoms with Crippen molar-refractivity contribution < 1.29 is 9.59 Å². The first-order valence-electron chi connectivity index (χ1n) is 5.63. The summed E-state index contributed by atoms with van der Waals surface area (Å²) in [6, 6.07) is 5.34. The number of hydrogen-bond donors (Lipinski definition) is 3. The molecule has 0 aromatic heterocycles. The lowest BCUT2D eigenvalue weighted by molar-refractivity contribution is -0.115. The number of carbonyl (C=O) groups excluding carboxylic acids is 2. The lowest BCUT2D eigenvalue weighted by Gasteiger charge is -2.09. The summed E-state index contributed by atoms with van der Waals surface area (Å²) in [5.74, 6) is -0.178. The Labute approximate surface area is 99.6 Å². The number of anilines is 1. The zero-order chi connectivity index (χ0) is 12.3. The van der Waals surface area contributed by atoms with Gasteiger partial charge in [0.25, 0.3) is 5.91 Å². The molecule has 3 N–H and O–H groups in total. The van der Waals surface area contributed by atoms with E-state index in [0.29, 0.717) is 17.8 Å². The van der Waals surface area contributed by atoms with Crippen LogP contribution in [0, 0.1) is 0 Å². The third-order valence-electron chi connectivity index (χ3n) is 2.66. The van der Waals surface area contributed by atoms with Gasteiger partial charge in [-0.05, 0) is 18.7 Å². The molecule has 5 heteroatoms. The molecule has 0 radical (unpaired) electrons. The van der Waals surface area contributed by atoms with E-state index in [9.17, 15) is 9.59 Å². The molecule has 1 aromatic carbocycles. The number of benzene rings is 1. The molecule has 0 fully saturated rings. The number of carbonyl (C=O) groups is 2. The van der Waals surface area contributed by atoms with E-state index in [1.807, 2.05) is 13.0 Å². The average molecular weight is 233 g/mol. The maximum Gasteiger partial charge on any atom is 0.251 e. The van der Waals surface area contributed by atoms with Crippen LogP contribution in [0.25, 0.3) is 0 Å². The Morgan fingerprint density at radius 3 is 3.06 bits per heavy atom. The van der Waals surface area contributed by atoms with E-state index < -0.39 is 0 Å². The zero-order valence-corrected chi connectivity index (χ0v) is 9.67. The van der Waals surface area contributed by atoms with Gasteiger partial charge in [-0.15, -0.1) is 0 Å². The van der Waals surface area contributed by atoms with Gasteiger partial charge in [0.2, 0.25) is 5.91 Å². The largest absolute Gasteiger partial charge is 0.348 e. The van der Waals surface area contributed by atoms with Gasteiger partial charge in [0.1, 0.15) is 0 Å². The monoisotopic (exact) mass is 233 g/mol. The average Bonchev–Trinajstić information content (AvgIpc) is 2.70. The number of likely N-dealkylation sites (N-methyl/N-ethyl adjacent to an activating group) is 1. The molecule has 1 aliphatic rings. The quantitative estimate of drug-likeness (QED) is 0.708. The van der Waals surface area contributed by atoms with Crippen molar-refractivity contribution in [2.24, 2.45) is 0 Å². The number of rotatable bonds is 4. The van der Waals surface area contributed by atoms with Crippen LogP contribution >= 0.6 is 0 Å². The highest BCUT2D eigenvalue weighted by atomic mass is 16.2. The van der Waals surface area contributed by atoms with Gasteiger partial charge in [0.15, 0.2) is 0 Å². The van der Waals surface area contributed by atoms with E-state index in [0.717, 1.165) is 12.1 Å². The van der Waals surface area contributed by atoms with Crippen molar-refractivity contribution >= 4 is 17.5 Å². The molecular weight excluding hydrogens is 218 g/mol. The third-order valence-corrected chi connectivity index (χ3v) is 2.66. The summed E-state index contributed by atoms with van der Waals surface area (Å²) in [5.41, 5.74) is 2.22. The second-order valence-corrected chi connectivity index (χ2v) is 3.84. The van der Waals surface area contributed by atoms with Crippen LogP contribution in [0.15, 0.2) is 18.2 Å². The van der Waals surface area contributed by atoms with Gasteiger partial charge in [-0.3, -0.25) is 9.59 Å². The van der Waals surface area contributed by atoms with E-state index in [2.05, 4.69) is 16.0 Å². The van der Waals surface area contributed by atoms with Crippen molar-refractivity contribution in [1.29, 1.82) is 0 Å². The van der Waals surface area contributed by atoms with E-state index in [-0.39, 0.29) is 18.4 Å². The number of amides is 2. The van der Waals surface area contributed by atoms with Crippen LogP contribution < -0.4 is 16.0 Å². The second-order valence-electron chi connectivity index (χ2n) is 3.84. The molecule has 17 heavy (non-hydrogen) atoms. The van der Waals surface area contributed by atoms with Gasteiger partial charge in [-0.1, -0.05) is 13.0 Å². The molecular formula is C12H15N3O2. The van der Waals surface area contributed by atoms with Gasteiger partial charge in [-0.25, -0.2) is 0 Å². The van der Waals surface area contributed by atoms with Gasteiger partial charge in [0, 0.05) is 23.4 Å². The van der Waals surface area contributed by atoms with Crippen molar-refractivity contribution in [3.8, 4) is 0 Å². The topological polar surface area (TPSA) is 70.2 Å². The first kappa shape index (κ1) is 11.6. The summed E-state index contributed by atoms with van der Waals surface area (Å²) < 4.78 is 0. The molecule has 90 valence electrons. The summed E-state index contributed by atoms with van der Waals surface area (Å²) in [7, 11) is 0. The van der Waals surface area contributed by atoms with Gasteiger partial charge in [-0.2, -0.15) is 0 Å². The number of nitrogens with one attached hydrogen (secondary N) is 3. The Hall–Kier alpha value is -1.88. The number of fused-ring (bicyclic) bond motifs is 1. The molecule has 1 aromatic rings. The Balaban J connectivity index is 2.12. The van der Waals surface area contributed by atoms with E-state index in [4.69, 9.17) is 0 Å². The van der Waals surface area contributed by atoms with Crippen LogP contribution in [-0.2, 0) is 11.3 Å². The van der Waals surface area contributed by atoms with Crippen LogP contribution in [0.1, 0.15) is 22.8 Å². The van der Waals surface area contributed by atoms with Crippen molar-refractivity contribution in [3.63, 3.8) is 0 Å². The predicted octanol–water partition coefficient (Wildman–Crippen LogP) is 0.478. The molecule has 5 nitrogen and oxygen atoms in total. The maximum atomic E-state index is 11.6. The summed E-state index contributed by atoms with van der Waals surface area (Å²) in [6.45, 7) is 3.45. The molecule has 2 rings (SSSR count). The van der Waals surface area contributed by atoms with E-state index >= 15 is 0 Å². The van der Waals surface area contributed by atoms with Crippen LogP contribution in [0.5, 0.6) is 0 Å². The summed E-state index contributed by atoms with van der Waals surface area (Å²) in [4.78, 5) is 23.0. The zero-order valence-electron chi connectivity index (χ0n) is 9.67. The standard InChI is InChI=1S/C12H15N3O2/c1-2-13-7-11(16)15-10-5-3-4-8-9(10)6-14-12(8)17/h3-5,13H,2,6-7H2,1H3,(H,14,17)(H,15,16). The van der Waals surface area contributed by atoms with Crippen molar-refractivity contribution in [1.82, 2.24) is 10.6 Å². The fraction of sp³-hybridized carbons (Fsp3) is 0.333. The van der Waals surface area contributed by atoms with Crippen molar-refractivity contribution in [3.05, 3.63) is 29.3 Å². The van der Waals surface area contributed by atoms with E-state index in [1.165, 1.54) is 0 Å². The molecule has 0 saturated heterocycles. The molecule has 2 amide bonds. The van der Waals surface area contributed by atoms with Crippen LogP contribution in [-0.4, -0.2) is 24.9 Å². The molecule has 0 aliphatic carbocycles. The molecule has 0 spiro atoms. The minimum absolute atomic E-state index is 0.0808. The molecule has 0 bridgehead atoms. The first-order chi connectivity index (χ1) is 8.22. The highest BCUT2D eigenvalue weighted by molar-refractivity contribution is 6.02. The molecule has 1 aliphatic heterocycles. The van der Waals surface area contributed by atoms with Gasteiger partial charge >= 0.3 is 0 Å². The molecule has 0 atom stereocenters. The fourth-order valence-electron chi connectivity index (χ4n) is 1.80. The Morgan fingerprint density at radius 2 is 2.29 bits per heavy atom. The second kappa shape index (κ2) is 4.97. The van der Waals surface area contributed by atoms with Crippen molar-refractivity contribution in [2.45, 2.75) is 13.5 Å². The third kappa shape index (κ3) is 2.45. The minimum atomic E-state index is -0.0976. The Kier molecular flexibility index (Phi) is 3.39. The van der Waals surface area contributed by atoms with Crippen molar-refractivity contribution in [2.75, 3.05) is 18.4 Å². The van der Waals surface area contributed by atoms with Gasteiger partial charge < -0.3 is 16.0 Å². The maximum absolute atomic E-state index is 11.6. The van der Waals surface area contributed by atoms with Crippen LogP contribution in [0.3, 0.4) is 0 Å². The van der Waals surface area contributed by atoms with E-state index in [1.54, 1.807) is 12.1 Å². The summed E-state index contributed by atoms with van der Waals surface area (Å²) in [6.07, 6.45) is 0. The summed E-state index contributed by atoms with van der Waals surface area (Å²) in [5, 5.41) is 8.49. The summed E-state index contributed by atoms with van der Waals surface area (Å²) >= 11 is 0. The normalized spacial score (nSPS) is 13.1. The smallest absolute Gasteiger partial charge is 0.251 e. The van der Waals surface area contributed by atoms with Gasteiger partial charge in [0.05, 0.1) is 6.54 Å². The highest BCUT2D eigenvalue weighted by Crippen LogP contribution is 2.23. The molecule has 1 heterocycles. The predicted molar refractivity (Wildman–Crippen MR) is 64.8 cm³/mol. The first-order valence-corrected chi connectivity index (χ1v) is 5.63. The fourth-order valence-corrected chi connectivity index (χ4v) is 1.80. The minimum Gasteiger partial charge on any atom is -0.348 e. The lowest BCUT2D eigenvalue weighted by atomic mass is 10.1.